The van der Waals surface area contributed by atoms with Gasteiger partial charge in [0.2, 0.25) is 20.0 Å². The van der Waals surface area contributed by atoms with E-state index in [4.69, 9.17) is 0 Å². The molecule has 0 aliphatic heterocycles. The van der Waals surface area contributed by atoms with Crippen LogP contribution in [0, 0.1) is 6.92 Å². The molecular weight excluding hydrogens is 450 g/mol. The lowest BCUT2D eigenvalue weighted by Crippen LogP contribution is -2.23. The third kappa shape index (κ3) is 6.39. The molecule has 0 saturated heterocycles. The van der Waals surface area contributed by atoms with Crippen molar-refractivity contribution in [2.24, 2.45) is 0 Å². The summed E-state index contributed by atoms with van der Waals surface area (Å²) in [6.45, 7) is 1.86. The zero-order chi connectivity index (χ0) is 23.4. The highest BCUT2D eigenvalue weighted by atomic mass is 32.2. The van der Waals surface area contributed by atoms with E-state index < -0.39 is 26.0 Å². The van der Waals surface area contributed by atoms with Gasteiger partial charge < -0.3 is 5.32 Å². The van der Waals surface area contributed by atoms with Gasteiger partial charge >= 0.3 is 0 Å². The molecule has 0 bridgehead atoms. The molecule has 3 rings (SSSR count). The quantitative estimate of drug-likeness (QED) is 0.464. The monoisotopic (exact) mass is 473 g/mol. The van der Waals surface area contributed by atoms with Crippen molar-refractivity contribution in [1.82, 2.24) is 4.72 Å². The number of rotatable bonds is 8. The molecule has 3 N–H and O–H groups in total. The average molecular weight is 474 g/mol. The minimum atomic E-state index is -3.83. The number of aryl methyl sites for hydroxylation is 1. The minimum absolute atomic E-state index is 0.0376. The van der Waals surface area contributed by atoms with Gasteiger partial charge in [0.1, 0.15) is 0 Å². The number of carbonyl (C=O) groups excluding carboxylic acids is 1. The minimum Gasteiger partial charge on any atom is -0.322 e. The van der Waals surface area contributed by atoms with Crippen molar-refractivity contribution in [2.45, 2.75) is 18.4 Å². The number of hydrogen-bond donors (Lipinski definition) is 3. The Bertz CT molecular complexity index is 1340. The second kappa shape index (κ2) is 9.51. The number of carbonyl (C=O) groups is 1. The molecule has 8 nitrogen and oxygen atoms in total. The molecule has 0 fully saturated rings. The Morgan fingerprint density at radius 1 is 0.875 bits per heavy atom. The van der Waals surface area contributed by atoms with Gasteiger partial charge in [-0.2, -0.15) is 0 Å². The van der Waals surface area contributed by atoms with E-state index in [1.807, 2.05) is 18.2 Å². The lowest BCUT2D eigenvalue weighted by Gasteiger charge is -2.12. The normalized spacial score (nSPS) is 11.7. The van der Waals surface area contributed by atoms with Crippen LogP contribution in [0.15, 0.2) is 77.7 Å². The third-order valence-corrected chi connectivity index (χ3v) is 6.50. The fourth-order valence-corrected chi connectivity index (χ4v) is 4.56. The van der Waals surface area contributed by atoms with Crippen LogP contribution >= 0.6 is 0 Å². The number of anilines is 2. The molecule has 0 saturated carbocycles. The zero-order valence-corrected chi connectivity index (χ0v) is 19.1. The molecule has 168 valence electrons. The SMILES string of the molecule is Cc1ccc(NC(=O)c2cccc(S(=O)(=O)NCc3ccccc3)c2)cc1NS(C)(=O)=O. The maximum absolute atomic E-state index is 12.7. The molecule has 0 heterocycles. The van der Waals surface area contributed by atoms with Crippen LogP contribution < -0.4 is 14.8 Å². The summed E-state index contributed by atoms with van der Waals surface area (Å²) in [4.78, 5) is 12.7. The largest absolute Gasteiger partial charge is 0.322 e. The molecule has 0 spiro atoms. The van der Waals surface area contributed by atoms with E-state index in [-0.39, 0.29) is 17.0 Å². The molecule has 3 aromatic carbocycles. The Hall–Kier alpha value is -3.21. The van der Waals surface area contributed by atoms with Gasteiger partial charge in [-0.25, -0.2) is 21.6 Å². The van der Waals surface area contributed by atoms with Crippen LogP contribution in [0.5, 0.6) is 0 Å². The van der Waals surface area contributed by atoms with Crippen molar-refractivity contribution in [3.63, 3.8) is 0 Å². The molecule has 0 atom stereocenters. The van der Waals surface area contributed by atoms with Crippen LogP contribution in [0.25, 0.3) is 0 Å². The number of nitrogens with one attached hydrogen (secondary N) is 3. The zero-order valence-electron chi connectivity index (χ0n) is 17.5. The van der Waals surface area contributed by atoms with Gasteiger partial charge in [0.25, 0.3) is 5.91 Å². The van der Waals surface area contributed by atoms with E-state index in [0.717, 1.165) is 11.8 Å². The van der Waals surface area contributed by atoms with E-state index in [1.165, 1.54) is 30.3 Å². The molecule has 10 heteroatoms. The Labute approximate surface area is 187 Å². The number of amides is 1. The molecule has 0 aliphatic rings. The molecule has 0 aliphatic carbocycles. The van der Waals surface area contributed by atoms with Crippen LogP contribution in [-0.2, 0) is 26.6 Å². The van der Waals surface area contributed by atoms with Gasteiger partial charge in [0.05, 0.1) is 16.8 Å². The Morgan fingerprint density at radius 3 is 2.28 bits per heavy atom. The predicted octanol–water partition coefficient (Wildman–Crippen LogP) is 3.10. The van der Waals surface area contributed by atoms with Crippen LogP contribution in [0.2, 0.25) is 0 Å². The summed E-state index contributed by atoms with van der Waals surface area (Å²) in [6, 6.07) is 19.5. The average Bonchev–Trinajstić information content (AvgIpc) is 2.74. The molecule has 0 aromatic heterocycles. The number of hydrogen-bond acceptors (Lipinski definition) is 5. The molecule has 0 radical (unpaired) electrons. The molecular formula is C22H23N3O5S2. The van der Waals surface area contributed by atoms with Gasteiger partial charge in [0.15, 0.2) is 0 Å². The van der Waals surface area contributed by atoms with Gasteiger partial charge in [-0.3, -0.25) is 9.52 Å². The Kier molecular flexibility index (Phi) is 6.97. The summed E-state index contributed by atoms with van der Waals surface area (Å²) in [6.07, 6.45) is 1.04. The van der Waals surface area contributed by atoms with Crippen molar-refractivity contribution in [3.05, 3.63) is 89.5 Å². The Balaban J connectivity index is 1.76. The summed E-state index contributed by atoms with van der Waals surface area (Å²) < 4.78 is 53.2. The smallest absolute Gasteiger partial charge is 0.255 e. The molecule has 32 heavy (non-hydrogen) atoms. The second-order valence-corrected chi connectivity index (χ2v) is 10.7. The topological polar surface area (TPSA) is 121 Å². The highest BCUT2D eigenvalue weighted by Crippen LogP contribution is 2.22. The molecule has 1 amide bonds. The van der Waals surface area contributed by atoms with E-state index in [1.54, 1.807) is 31.2 Å². The standard InChI is InChI=1S/C22H23N3O5S2/c1-16-11-12-19(14-21(16)25-31(2,27)28)24-22(26)18-9-6-10-20(13-18)32(29,30)23-15-17-7-4-3-5-8-17/h3-14,23,25H,15H2,1-2H3,(H,24,26). The van der Waals surface area contributed by atoms with E-state index >= 15 is 0 Å². The Morgan fingerprint density at radius 2 is 1.59 bits per heavy atom. The van der Waals surface area contributed by atoms with Gasteiger partial charge in [-0.05, 0) is 48.4 Å². The van der Waals surface area contributed by atoms with Crippen LogP contribution in [0.3, 0.4) is 0 Å². The lowest BCUT2D eigenvalue weighted by molar-refractivity contribution is 0.102. The maximum atomic E-state index is 12.7. The van der Waals surface area contributed by atoms with Gasteiger partial charge in [0, 0.05) is 17.8 Å². The summed E-state index contributed by atoms with van der Waals surface area (Å²) in [7, 11) is -7.31. The van der Waals surface area contributed by atoms with E-state index in [0.29, 0.717) is 16.9 Å². The summed E-state index contributed by atoms with van der Waals surface area (Å²) in [5, 5.41) is 2.66. The van der Waals surface area contributed by atoms with Crippen molar-refractivity contribution < 1.29 is 21.6 Å². The van der Waals surface area contributed by atoms with E-state index in [2.05, 4.69) is 14.8 Å². The number of sulfonamides is 2. The molecule has 3 aromatic rings. The fourth-order valence-electron chi connectivity index (χ4n) is 2.87. The molecule has 0 unspecified atom stereocenters. The first-order chi connectivity index (χ1) is 15.0. The second-order valence-electron chi connectivity index (χ2n) is 7.20. The predicted molar refractivity (Wildman–Crippen MR) is 125 cm³/mol. The summed E-state index contributed by atoms with van der Waals surface area (Å²) in [5.74, 6) is -0.528. The first kappa shape index (κ1) is 23.5. The summed E-state index contributed by atoms with van der Waals surface area (Å²) in [5.41, 5.74) is 2.34. The van der Waals surface area contributed by atoms with Gasteiger partial charge in [-0.1, -0.05) is 42.5 Å². The van der Waals surface area contributed by atoms with Crippen molar-refractivity contribution in [2.75, 3.05) is 16.3 Å². The number of benzene rings is 3. The van der Waals surface area contributed by atoms with Crippen LogP contribution in [0.4, 0.5) is 11.4 Å². The lowest BCUT2D eigenvalue weighted by atomic mass is 10.1. The highest BCUT2D eigenvalue weighted by molar-refractivity contribution is 7.92. The third-order valence-electron chi connectivity index (χ3n) is 4.51. The highest BCUT2D eigenvalue weighted by Gasteiger charge is 2.17. The first-order valence-corrected chi connectivity index (χ1v) is 12.9. The van der Waals surface area contributed by atoms with Crippen LogP contribution in [0.1, 0.15) is 21.5 Å². The van der Waals surface area contributed by atoms with Crippen molar-refractivity contribution in [1.29, 1.82) is 0 Å². The summed E-state index contributed by atoms with van der Waals surface area (Å²) >= 11 is 0. The van der Waals surface area contributed by atoms with Gasteiger partial charge in [-0.15, -0.1) is 0 Å². The first-order valence-electron chi connectivity index (χ1n) is 9.57. The van der Waals surface area contributed by atoms with Crippen molar-refractivity contribution in [3.8, 4) is 0 Å². The van der Waals surface area contributed by atoms with Crippen molar-refractivity contribution >= 4 is 37.3 Å². The fraction of sp³-hybridized carbons (Fsp3) is 0.136. The van der Waals surface area contributed by atoms with Crippen LogP contribution in [-0.4, -0.2) is 29.0 Å². The van der Waals surface area contributed by atoms with E-state index in [9.17, 15) is 21.6 Å². The maximum Gasteiger partial charge on any atom is 0.255 e.